The van der Waals surface area contributed by atoms with Crippen LogP contribution in [0.15, 0.2) is 120 Å². The van der Waals surface area contributed by atoms with Crippen molar-refractivity contribution in [1.82, 2.24) is 0 Å². The lowest BCUT2D eigenvalue weighted by molar-refractivity contribution is -0.384. The number of non-ortho nitro benzene ring substituents is 1. The van der Waals surface area contributed by atoms with E-state index in [4.69, 9.17) is 0 Å². The molecule has 0 aromatic heterocycles. The largest absolute Gasteiger partial charge is 0.289 e. The van der Waals surface area contributed by atoms with Gasteiger partial charge >= 0.3 is 0 Å². The Labute approximate surface area is 206 Å². The molecule has 1 aliphatic rings. The van der Waals surface area contributed by atoms with Crippen molar-refractivity contribution in [2.24, 2.45) is 4.99 Å². The van der Waals surface area contributed by atoms with E-state index in [0.717, 1.165) is 5.56 Å². The van der Waals surface area contributed by atoms with Gasteiger partial charge in [-0.3, -0.25) is 24.6 Å². The number of hydrogen-bond acceptors (Lipinski definition) is 5. The molecular formula is C29H19N3O4. The topological polar surface area (TPSA) is 92.9 Å². The summed E-state index contributed by atoms with van der Waals surface area (Å²) in [6.07, 6.45) is 1.60. The van der Waals surface area contributed by atoms with Crippen molar-refractivity contribution < 1.29 is 14.5 Å². The molecule has 4 aromatic rings. The lowest BCUT2D eigenvalue weighted by Crippen LogP contribution is -2.32. The van der Waals surface area contributed by atoms with Gasteiger partial charge in [-0.2, -0.15) is 0 Å². The van der Waals surface area contributed by atoms with Crippen LogP contribution in [0.25, 0.3) is 6.08 Å². The van der Waals surface area contributed by atoms with E-state index in [1.54, 1.807) is 54.6 Å². The van der Waals surface area contributed by atoms with E-state index in [0.29, 0.717) is 28.2 Å². The van der Waals surface area contributed by atoms with Crippen molar-refractivity contribution >= 4 is 35.0 Å². The predicted molar refractivity (Wildman–Crippen MR) is 138 cm³/mol. The second-order valence-corrected chi connectivity index (χ2v) is 8.06. The Balaban J connectivity index is 1.50. The number of carbonyl (C=O) groups is 2. The number of aliphatic imine (C=N–C) groups is 1. The Morgan fingerprint density at radius 3 is 1.97 bits per heavy atom. The molecule has 174 valence electrons. The van der Waals surface area contributed by atoms with Crippen LogP contribution in [0.4, 0.5) is 11.4 Å². The second-order valence-electron chi connectivity index (χ2n) is 8.06. The van der Waals surface area contributed by atoms with Gasteiger partial charge in [-0.05, 0) is 48.0 Å². The average Bonchev–Trinajstić information content (AvgIpc) is 3.25. The third kappa shape index (κ3) is 4.45. The fourth-order valence-corrected chi connectivity index (χ4v) is 3.91. The molecule has 0 bridgehead atoms. The minimum atomic E-state index is -0.475. The summed E-state index contributed by atoms with van der Waals surface area (Å²) in [6, 6.07) is 31.1. The van der Waals surface area contributed by atoms with E-state index in [9.17, 15) is 19.7 Å². The van der Waals surface area contributed by atoms with Gasteiger partial charge in [-0.25, -0.2) is 4.99 Å². The smallest absolute Gasteiger partial charge is 0.282 e. The van der Waals surface area contributed by atoms with Crippen LogP contribution in [-0.2, 0) is 4.79 Å². The van der Waals surface area contributed by atoms with Crippen LogP contribution in [-0.4, -0.2) is 22.4 Å². The SMILES string of the molecule is O=C(c1ccccc1)c1ccc(N2C(=O)/C(=C/c3ccc([N+](=O)[O-])cc3)N=C2c2ccccc2)cc1. The van der Waals surface area contributed by atoms with Crippen LogP contribution >= 0.6 is 0 Å². The summed E-state index contributed by atoms with van der Waals surface area (Å²) in [4.78, 5) is 42.9. The van der Waals surface area contributed by atoms with Crippen molar-refractivity contribution in [3.8, 4) is 0 Å². The number of nitro benzene ring substituents is 1. The molecule has 0 saturated carbocycles. The number of nitrogens with zero attached hydrogens (tertiary/aromatic N) is 3. The first-order valence-electron chi connectivity index (χ1n) is 11.2. The van der Waals surface area contributed by atoms with E-state index in [1.165, 1.54) is 17.0 Å². The molecule has 1 amide bonds. The molecule has 7 nitrogen and oxygen atoms in total. The molecule has 0 unspecified atom stereocenters. The van der Waals surface area contributed by atoms with Crippen molar-refractivity contribution in [2.45, 2.75) is 0 Å². The number of hydrogen-bond donors (Lipinski definition) is 0. The first-order chi connectivity index (χ1) is 17.5. The van der Waals surface area contributed by atoms with Crippen LogP contribution in [0.3, 0.4) is 0 Å². The van der Waals surface area contributed by atoms with E-state index in [1.807, 2.05) is 48.5 Å². The standard InChI is InChI=1S/C29H19N3O4/c33-27(21-7-3-1-4-8-21)22-13-17-24(18-14-22)31-28(23-9-5-2-6-10-23)30-26(29(31)34)19-20-11-15-25(16-12-20)32(35)36/h1-19H/b26-19-. The number of ketones is 1. The first-order valence-corrected chi connectivity index (χ1v) is 11.2. The van der Waals surface area contributed by atoms with E-state index >= 15 is 0 Å². The molecule has 5 rings (SSSR count). The Morgan fingerprint density at radius 2 is 1.36 bits per heavy atom. The van der Waals surface area contributed by atoms with Gasteiger partial charge in [-0.1, -0.05) is 60.7 Å². The lowest BCUT2D eigenvalue weighted by Gasteiger charge is -2.19. The average molecular weight is 473 g/mol. The minimum Gasteiger partial charge on any atom is -0.289 e. The highest BCUT2D eigenvalue weighted by atomic mass is 16.6. The van der Waals surface area contributed by atoms with Crippen LogP contribution in [0, 0.1) is 10.1 Å². The third-order valence-corrected chi connectivity index (χ3v) is 5.72. The van der Waals surface area contributed by atoms with Gasteiger partial charge in [0.1, 0.15) is 11.5 Å². The quantitative estimate of drug-likeness (QED) is 0.156. The highest BCUT2D eigenvalue weighted by Gasteiger charge is 2.32. The fraction of sp³-hybridized carbons (Fsp3) is 0. The van der Waals surface area contributed by atoms with Gasteiger partial charge in [0.05, 0.1) is 10.6 Å². The summed E-state index contributed by atoms with van der Waals surface area (Å²) in [5.41, 5.74) is 3.20. The highest BCUT2D eigenvalue weighted by molar-refractivity contribution is 6.33. The van der Waals surface area contributed by atoms with Crippen LogP contribution in [0.1, 0.15) is 27.0 Å². The molecule has 4 aromatic carbocycles. The molecule has 0 radical (unpaired) electrons. The van der Waals surface area contributed by atoms with Crippen LogP contribution in [0.2, 0.25) is 0 Å². The minimum absolute atomic E-state index is 0.0323. The summed E-state index contributed by atoms with van der Waals surface area (Å²) in [6.45, 7) is 0. The molecule has 0 fully saturated rings. The monoisotopic (exact) mass is 473 g/mol. The number of nitro groups is 1. The molecule has 1 heterocycles. The molecule has 7 heteroatoms. The van der Waals surface area contributed by atoms with E-state index < -0.39 is 4.92 Å². The van der Waals surface area contributed by atoms with Crippen molar-refractivity contribution in [3.63, 3.8) is 0 Å². The van der Waals surface area contributed by atoms with Crippen molar-refractivity contribution in [2.75, 3.05) is 4.90 Å². The fourth-order valence-electron chi connectivity index (χ4n) is 3.91. The number of rotatable bonds is 6. The van der Waals surface area contributed by atoms with Crippen LogP contribution < -0.4 is 4.90 Å². The maximum absolute atomic E-state index is 13.5. The molecule has 36 heavy (non-hydrogen) atoms. The number of amidine groups is 1. The second kappa shape index (κ2) is 9.60. The third-order valence-electron chi connectivity index (χ3n) is 5.72. The number of anilines is 1. The van der Waals surface area contributed by atoms with Crippen molar-refractivity contribution in [1.29, 1.82) is 0 Å². The molecule has 1 aliphatic heterocycles. The van der Waals surface area contributed by atoms with E-state index in [-0.39, 0.29) is 23.1 Å². The summed E-state index contributed by atoms with van der Waals surface area (Å²) >= 11 is 0. The normalized spacial score (nSPS) is 14.1. The van der Waals surface area contributed by atoms with E-state index in [2.05, 4.69) is 4.99 Å². The Bertz CT molecular complexity index is 1510. The highest BCUT2D eigenvalue weighted by Crippen LogP contribution is 2.29. The maximum Gasteiger partial charge on any atom is 0.282 e. The summed E-state index contributed by atoms with van der Waals surface area (Å²) in [5.74, 6) is 0.0100. The zero-order chi connectivity index (χ0) is 25.1. The first kappa shape index (κ1) is 22.6. The molecule has 0 atom stereocenters. The van der Waals surface area contributed by atoms with Gasteiger partial charge in [0, 0.05) is 28.8 Å². The summed E-state index contributed by atoms with van der Waals surface area (Å²) < 4.78 is 0. The lowest BCUT2D eigenvalue weighted by atomic mass is 10.0. The van der Waals surface area contributed by atoms with Gasteiger partial charge < -0.3 is 0 Å². The number of benzene rings is 4. The van der Waals surface area contributed by atoms with Gasteiger partial charge in [0.15, 0.2) is 5.78 Å². The number of amides is 1. The molecule has 0 N–H and O–H groups in total. The predicted octanol–water partition coefficient (Wildman–Crippen LogP) is 5.66. The summed E-state index contributed by atoms with van der Waals surface area (Å²) in [5, 5.41) is 10.9. The zero-order valence-electron chi connectivity index (χ0n) is 18.9. The van der Waals surface area contributed by atoms with Gasteiger partial charge in [-0.15, -0.1) is 0 Å². The maximum atomic E-state index is 13.5. The summed E-state index contributed by atoms with van der Waals surface area (Å²) in [7, 11) is 0. The van der Waals surface area contributed by atoms with Crippen LogP contribution in [0.5, 0.6) is 0 Å². The zero-order valence-corrected chi connectivity index (χ0v) is 18.9. The molecule has 0 saturated heterocycles. The Kier molecular flexibility index (Phi) is 6.03. The molecule has 0 spiro atoms. The Morgan fingerprint density at radius 1 is 0.778 bits per heavy atom. The molecule has 0 aliphatic carbocycles. The van der Waals surface area contributed by atoms with Gasteiger partial charge in [0.25, 0.3) is 11.6 Å². The van der Waals surface area contributed by atoms with Gasteiger partial charge in [0.2, 0.25) is 0 Å². The number of carbonyl (C=O) groups excluding carboxylic acids is 2. The molecular weight excluding hydrogens is 454 g/mol. The van der Waals surface area contributed by atoms with Crippen molar-refractivity contribution in [3.05, 3.63) is 147 Å². The Hall–Kier alpha value is -5.17.